The molecule has 0 heterocycles. The van der Waals surface area contributed by atoms with E-state index in [0.717, 1.165) is 6.34 Å². The number of nitrogens with two attached hydrogens (primary N) is 3. The van der Waals surface area contributed by atoms with Gasteiger partial charge < -0.3 is 32.9 Å². The summed E-state index contributed by atoms with van der Waals surface area (Å²) in [5.41, 5.74) is 14.8. The summed E-state index contributed by atoms with van der Waals surface area (Å²) in [5.74, 6) is -2.65. The average Bonchev–Trinajstić information content (AvgIpc) is 2.57. The lowest BCUT2D eigenvalue weighted by atomic mass is 10.1. The predicted molar refractivity (Wildman–Crippen MR) is 92.5 cm³/mol. The zero-order chi connectivity index (χ0) is 19.7. The molecule has 0 radical (unpaired) electrons. The number of hydrogen-bond donors (Lipinski definition) is 6. The van der Waals surface area contributed by atoms with Crippen LogP contribution in [0.2, 0.25) is 0 Å². The van der Waals surface area contributed by atoms with Gasteiger partial charge in [0.05, 0.1) is 12.9 Å². The summed E-state index contributed by atoms with van der Waals surface area (Å²) in [6, 6.07) is -0.848. The molecule has 0 aromatic carbocycles. The number of nitrogens with zero attached hydrogens (tertiary/aromatic N) is 1. The molecule has 1 atom stereocenters. The minimum atomic E-state index is -0.987. The average molecular weight is 360 g/mol. The molecular weight excluding hydrogens is 332 g/mol. The number of amides is 3. The van der Waals surface area contributed by atoms with E-state index < -0.39 is 29.7 Å². The number of carbonyl (C=O) groups excluding carboxylic acids is 3. The summed E-state index contributed by atoms with van der Waals surface area (Å²) in [7, 11) is 1.50. The topological polar surface area (TPSA) is 203 Å². The van der Waals surface area contributed by atoms with Crippen molar-refractivity contribution >= 4 is 30.0 Å². The van der Waals surface area contributed by atoms with E-state index in [2.05, 4.69) is 21.4 Å². The second kappa shape index (κ2) is 16.2. The van der Waals surface area contributed by atoms with Crippen molar-refractivity contribution in [3.05, 3.63) is 0 Å². The summed E-state index contributed by atoms with van der Waals surface area (Å²) < 4.78 is 0. The van der Waals surface area contributed by atoms with Crippen LogP contribution in [0.25, 0.3) is 0 Å². The van der Waals surface area contributed by atoms with E-state index in [4.69, 9.17) is 16.6 Å². The minimum absolute atomic E-state index is 0.00984. The van der Waals surface area contributed by atoms with E-state index in [9.17, 15) is 19.2 Å². The number of aliphatic carboxylic acids is 1. The Hall–Kier alpha value is -2.69. The molecule has 11 heteroatoms. The summed E-state index contributed by atoms with van der Waals surface area (Å²) >= 11 is 0. The fourth-order valence-electron chi connectivity index (χ4n) is 1.66. The Bertz CT molecular complexity index is 455. The molecule has 0 rings (SSSR count). The molecule has 0 spiro atoms. The molecule has 0 bridgehead atoms. The van der Waals surface area contributed by atoms with Gasteiger partial charge in [0.1, 0.15) is 6.04 Å². The molecule has 0 aliphatic rings. The molecule has 0 saturated carbocycles. The number of aliphatic imine (C=N–C) groups is 1. The normalized spacial score (nSPS) is 11.1. The molecule has 11 nitrogen and oxygen atoms in total. The van der Waals surface area contributed by atoms with E-state index in [1.807, 2.05) is 0 Å². The van der Waals surface area contributed by atoms with Crippen molar-refractivity contribution in [2.45, 2.75) is 38.1 Å². The van der Waals surface area contributed by atoms with Gasteiger partial charge in [-0.05, 0) is 26.3 Å². The Morgan fingerprint density at radius 1 is 1.12 bits per heavy atom. The third kappa shape index (κ3) is 16.0. The van der Waals surface area contributed by atoms with Crippen LogP contribution in [0.5, 0.6) is 0 Å². The highest BCUT2D eigenvalue weighted by molar-refractivity contribution is 5.89. The van der Waals surface area contributed by atoms with E-state index in [-0.39, 0.29) is 25.8 Å². The second-order valence-corrected chi connectivity index (χ2v) is 4.74. The Balaban J connectivity index is 0. The highest BCUT2D eigenvalue weighted by Gasteiger charge is 2.17. The number of rotatable bonds is 12. The fourth-order valence-corrected chi connectivity index (χ4v) is 1.66. The Labute approximate surface area is 146 Å². The maximum Gasteiger partial charge on any atom is 0.303 e. The summed E-state index contributed by atoms with van der Waals surface area (Å²) in [5, 5.41) is 13.2. The van der Waals surface area contributed by atoms with E-state index >= 15 is 0 Å². The third-order valence-electron chi connectivity index (χ3n) is 2.80. The maximum atomic E-state index is 11.7. The van der Waals surface area contributed by atoms with Gasteiger partial charge in [-0.25, -0.2) is 0 Å². The molecule has 0 fully saturated rings. The number of carboxylic acid groups (broad SMARTS) is 1. The molecule has 25 heavy (non-hydrogen) atoms. The van der Waals surface area contributed by atoms with E-state index in [1.165, 1.54) is 7.05 Å². The van der Waals surface area contributed by atoms with Crippen molar-refractivity contribution in [2.75, 3.05) is 20.1 Å². The van der Waals surface area contributed by atoms with Crippen LogP contribution in [0, 0.1) is 0 Å². The summed E-state index contributed by atoms with van der Waals surface area (Å²) in [6.07, 6.45) is 2.06. The van der Waals surface area contributed by atoms with Crippen molar-refractivity contribution in [3.8, 4) is 0 Å². The van der Waals surface area contributed by atoms with Crippen LogP contribution >= 0.6 is 0 Å². The quantitative estimate of drug-likeness (QED) is 0.127. The van der Waals surface area contributed by atoms with Crippen LogP contribution in [0.3, 0.4) is 0 Å². The highest BCUT2D eigenvalue weighted by atomic mass is 16.4. The first kappa shape index (κ1) is 24.6. The zero-order valence-corrected chi connectivity index (χ0v) is 14.4. The molecule has 0 aliphatic carbocycles. The van der Waals surface area contributed by atoms with Crippen LogP contribution in [0.1, 0.15) is 32.1 Å². The van der Waals surface area contributed by atoms with Gasteiger partial charge in [-0.3, -0.25) is 24.2 Å². The minimum Gasteiger partial charge on any atom is -0.481 e. The molecule has 1 unspecified atom stereocenters. The second-order valence-electron chi connectivity index (χ2n) is 4.74. The van der Waals surface area contributed by atoms with Crippen molar-refractivity contribution in [1.82, 2.24) is 10.6 Å². The number of primary amides is 1. The molecule has 0 aliphatic heterocycles. The van der Waals surface area contributed by atoms with Crippen LogP contribution < -0.4 is 27.8 Å². The molecule has 0 aromatic rings. The Morgan fingerprint density at radius 3 is 2.28 bits per heavy atom. The number of carbonyl (C=O) groups is 4. The molecule has 0 saturated heterocycles. The Kier molecular flexibility index (Phi) is 15.9. The SMILES string of the molecule is CN.NC=NCCCC(NC(=O)CNC(=O)CCCC(=O)O)C(N)=O. The van der Waals surface area contributed by atoms with Crippen molar-refractivity contribution in [1.29, 1.82) is 0 Å². The Morgan fingerprint density at radius 2 is 1.76 bits per heavy atom. The smallest absolute Gasteiger partial charge is 0.303 e. The van der Waals surface area contributed by atoms with Gasteiger partial charge in [0.25, 0.3) is 0 Å². The van der Waals surface area contributed by atoms with Crippen molar-refractivity contribution in [3.63, 3.8) is 0 Å². The van der Waals surface area contributed by atoms with Gasteiger partial charge in [-0.2, -0.15) is 0 Å². The molecule has 9 N–H and O–H groups in total. The lowest BCUT2D eigenvalue weighted by Gasteiger charge is -2.15. The van der Waals surface area contributed by atoms with E-state index in [0.29, 0.717) is 19.4 Å². The van der Waals surface area contributed by atoms with Gasteiger partial charge in [-0.15, -0.1) is 0 Å². The first-order valence-electron chi connectivity index (χ1n) is 7.71. The molecule has 3 amide bonds. The first-order valence-corrected chi connectivity index (χ1v) is 7.71. The maximum absolute atomic E-state index is 11.7. The van der Waals surface area contributed by atoms with Crippen molar-refractivity contribution < 1.29 is 24.3 Å². The van der Waals surface area contributed by atoms with Gasteiger partial charge >= 0.3 is 5.97 Å². The van der Waals surface area contributed by atoms with Crippen LogP contribution in [0.15, 0.2) is 4.99 Å². The van der Waals surface area contributed by atoms with Gasteiger partial charge in [0, 0.05) is 19.4 Å². The van der Waals surface area contributed by atoms with Gasteiger partial charge in [0.15, 0.2) is 0 Å². The highest BCUT2D eigenvalue weighted by Crippen LogP contribution is 1.98. The lowest BCUT2D eigenvalue weighted by Crippen LogP contribution is -2.48. The predicted octanol–water partition coefficient (Wildman–Crippen LogP) is -2.33. The molecule has 0 aromatic heterocycles. The lowest BCUT2D eigenvalue weighted by molar-refractivity contribution is -0.137. The number of nitrogens with one attached hydrogen (secondary N) is 2. The van der Waals surface area contributed by atoms with Crippen LogP contribution in [-0.2, 0) is 19.2 Å². The van der Waals surface area contributed by atoms with Crippen LogP contribution in [-0.4, -0.2) is 61.3 Å². The molecule has 144 valence electrons. The summed E-state index contributed by atoms with van der Waals surface area (Å²) in [4.78, 5) is 48.4. The van der Waals surface area contributed by atoms with Crippen LogP contribution in [0.4, 0.5) is 0 Å². The molecular formula is C14H28N6O5. The van der Waals surface area contributed by atoms with Gasteiger partial charge in [0.2, 0.25) is 17.7 Å². The van der Waals surface area contributed by atoms with Crippen molar-refractivity contribution in [2.24, 2.45) is 22.2 Å². The monoisotopic (exact) mass is 360 g/mol. The largest absolute Gasteiger partial charge is 0.481 e. The fraction of sp³-hybridized carbons (Fsp3) is 0.643. The zero-order valence-electron chi connectivity index (χ0n) is 14.4. The van der Waals surface area contributed by atoms with Gasteiger partial charge in [-0.1, -0.05) is 0 Å². The number of carboxylic acids is 1. The third-order valence-corrected chi connectivity index (χ3v) is 2.80. The standard InChI is InChI=1S/C13H23N5O5.CH5N/c14-8-16-6-2-3-9(13(15)23)18-11(20)7-17-10(19)4-1-5-12(21)22;1-2/h8-9H,1-7H2,(H2,14,16)(H2,15,23)(H,17,19)(H,18,20)(H,21,22);2H2,1H3. The van der Waals surface area contributed by atoms with E-state index in [1.54, 1.807) is 0 Å². The first-order chi connectivity index (χ1) is 11.9. The number of hydrogen-bond acceptors (Lipinski definition) is 6. The summed E-state index contributed by atoms with van der Waals surface area (Å²) in [6.45, 7) is 0.104.